The topological polar surface area (TPSA) is 63.5 Å². The lowest BCUT2D eigenvalue weighted by atomic mass is 10.8. The van der Waals surface area contributed by atoms with Gasteiger partial charge in [0, 0.05) is 6.20 Å². The van der Waals surface area contributed by atoms with E-state index in [-0.39, 0.29) is 5.88 Å². The van der Waals surface area contributed by atoms with E-state index in [9.17, 15) is 0 Å². The average molecular weight is 155 g/mol. The van der Waals surface area contributed by atoms with E-state index in [1.54, 1.807) is 10.6 Å². The van der Waals surface area contributed by atoms with Gasteiger partial charge in [0.05, 0.1) is 0 Å². The molecule has 0 aliphatic rings. The van der Waals surface area contributed by atoms with Gasteiger partial charge in [-0.2, -0.15) is 0 Å². The predicted molar refractivity (Wildman–Crippen MR) is 39.1 cm³/mol. The molecule has 2 rings (SSSR count). The van der Waals surface area contributed by atoms with Crippen molar-refractivity contribution < 1.29 is 5.11 Å². The second kappa shape index (κ2) is 1.63. The highest BCUT2D eigenvalue weighted by atomic mass is 32.1. The molecule has 0 aromatic carbocycles. The fourth-order valence-corrected chi connectivity index (χ4v) is 1.54. The molecule has 5 heteroatoms. The van der Waals surface area contributed by atoms with Gasteiger partial charge >= 0.3 is 0 Å². The Morgan fingerprint density at radius 1 is 1.70 bits per heavy atom. The van der Waals surface area contributed by atoms with Gasteiger partial charge in [0.2, 0.25) is 5.88 Å². The number of imidazole rings is 1. The number of hydrogen-bond donors (Lipinski definition) is 2. The van der Waals surface area contributed by atoms with E-state index >= 15 is 0 Å². The number of fused-ring (bicyclic) bond motifs is 1. The van der Waals surface area contributed by atoms with Crippen LogP contribution in [0.2, 0.25) is 0 Å². The van der Waals surface area contributed by atoms with Crippen LogP contribution in [0.5, 0.6) is 5.88 Å². The molecule has 0 aliphatic carbocycles. The first kappa shape index (κ1) is 5.55. The molecule has 0 radical (unpaired) electrons. The maximum atomic E-state index is 9.05. The molecule has 4 nitrogen and oxygen atoms in total. The summed E-state index contributed by atoms with van der Waals surface area (Å²) >= 11 is 1.31. The number of nitrogen functional groups attached to an aromatic ring is 1. The quantitative estimate of drug-likeness (QED) is 0.588. The van der Waals surface area contributed by atoms with Gasteiger partial charge in [0.15, 0.2) is 4.83 Å². The van der Waals surface area contributed by atoms with Crippen LogP contribution in [-0.4, -0.2) is 14.5 Å². The Morgan fingerprint density at radius 3 is 3.20 bits per heavy atom. The Morgan fingerprint density at radius 2 is 2.50 bits per heavy atom. The first-order valence-electron chi connectivity index (χ1n) is 2.68. The van der Waals surface area contributed by atoms with E-state index in [0.717, 1.165) is 0 Å². The van der Waals surface area contributed by atoms with Gasteiger partial charge in [-0.25, -0.2) is 4.98 Å². The number of nitrogens with two attached hydrogens (primary N) is 1. The average Bonchev–Trinajstić information content (AvgIpc) is 2.35. The number of anilines is 1. The smallest absolute Gasteiger partial charge is 0.248 e. The first-order valence-corrected chi connectivity index (χ1v) is 3.50. The molecule has 2 aromatic rings. The largest absolute Gasteiger partial charge is 0.491 e. The zero-order valence-electron chi connectivity index (χ0n) is 4.98. The highest BCUT2D eigenvalue weighted by Crippen LogP contribution is 2.26. The molecule has 2 aromatic heterocycles. The molecule has 0 unspecified atom stereocenters. The monoisotopic (exact) mass is 155 g/mol. The second-order valence-corrected chi connectivity index (χ2v) is 2.98. The summed E-state index contributed by atoms with van der Waals surface area (Å²) < 4.78 is 1.69. The third kappa shape index (κ3) is 0.577. The normalized spacial score (nSPS) is 10.8. The summed E-state index contributed by atoms with van der Waals surface area (Å²) in [6.07, 6.45) is 3.24. The lowest BCUT2D eigenvalue weighted by molar-refractivity contribution is 0.463. The summed E-state index contributed by atoms with van der Waals surface area (Å²) in [6.45, 7) is 0. The van der Waals surface area contributed by atoms with Crippen molar-refractivity contribution in [3.05, 3.63) is 12.5 Å². The lowest BCUT2D eigenvalue weighted by Crippen LogP contribution is -1.76. The summed E-state index contributed by atoms with van der Waals surface area (Å²) in [5.41, 5.74) is 5.46. The van der Waals surface area contributed by atoms with Crippen LogP contribution in [-0.2, 0) is 0 Å². The standard InChI is InChI=1S/C5H5N3OS/c6-3-1-8-2-7-4(9)5(8)10-3/h1-2,9H,6H2. The summed E-state index contributed by atoms with van der Waals surface area (Å²) in [7, 11) is 0. The van der Waals surface area contributed by atoms with Crippen LogP contribution in [0, 0.1) is 0 Å². The second-order valence-electron chi connectivity index (χ2n) is 1.91. The Kier molecular flexibility index (Phi) is 0.906. The molecule has 0 saturated heterocycles. The van der Waals surface area contributed by atoms with Crippen molar-refractivity contribution in [1.82, 2.24) is 9.38 Å². The Balaban J connectivity index is 2.90. The number of rotatable bonds is 0. The molecule has 3 N–H and O–H groups in total. The minimum Gasteiger partial charge on any atom is -0.491 e. The molecule has 0 spiro atoms. The molecule has 0 aliphatic heterocycles. The van der Waals surface area contributed by atoms with E-state index in [4.69, 9.17) is 10.8 Å². The first-order chi connectivity index (χ1) is 4.77. The Bertz CT molecular complexity index is 364. The van der Waals surface area contributed by atoms with Gasteiger partial charge < -0.3 is 10.8 Å². The summed E-state index contributed by atoms with van der Waals surface area (Å²) in [4.78, 5) is 4.36. The number of aromatic nitrogens is 2. The number of thiazole rings is 1. The van der Waals surface area contributed by atoms with Crippen molar-refractivity contribution in [2.75, 3.05) is 5.73 Å². The van der Waals surface area contributed by atoms with Crippen molar-refractivity contribution in [1.29, 1.82) is 0 Å². The number of aromatic hydroxyl groups is 1. The van der Waals surface area contributed by atoms with E-state index in [0.29, 0.717) is 9.83 Å². The Hall–Kier alpha value is -1.23. The van der Waals surface area contributed by atoms with Crippen molar-refractivity contribution in [3.63, 3.8) is 0 Å². The SMILES string of the molecule is Nc1cn2cnc(O)c2s1. The molecule has 0 amide bonds. The fourth-order valence-electron chi connectivity index (χ4n) is 0.805. The van der Waals surface area contributed by atoms with Gasteiger partial charge in [0.1, 0.15) is 11.3 Å². The van der Waals surface area contributed by atoms with Crippen LogP contribution < -0.4 is 5.73 Å². The predicted octanol–water partition coefficient (Wildman–Crippen LogP) is 0.684. The molecule has 0 bridgehead atoms. The fraction of sp³-hybridized carbons (Fsp3) is 0. The van der Waals surface area contributed by atoms with Crippen LogP contribution in [0.3, 0.4) is 0 Å². The van der Waals surface area contributed by atoms with Crippen LogP contribution in [0.1, 0.15) is 0 Å². The highest BCUT2D eigenvalue weighted by molar-refractivity contribution is 7.21. The maximum absolute atomic E-state index is 9.05. The molecule has 52 valence electrons. The molecule has 0 saturated carbocycles. The number of hydrogen-bond acceptors (Lipinski definition) is 4. The zero-order valence-corrected chi connectivity index (χ0v) is 5.80. The van der Waals surface area contributed by atoms with Crippen LogP contribution in [0.25, 0.3) is 4.83 Å². The summed E-state index contributed by atoms with van der Waals surface area (Å²) in [6, 6.07) is 0. The van der Waals surface area contributed by atoms with Gasteiger partial charge in [0.25, 0.3) is 0 Å². The highest BCUT2D eigenvalue weighted by Gasteiger charge is 2.03. The van der Waals surface area contributed by atoms with Crippen LogP contribution in [0.15, 0.2) is 12.5 Å². The van der Waals surface area contributed by atoms with E-state index in [1.165, 1.54) is 17.7 Å². The third-order valence-electron chi connectivity index (χ3n) is 1.21. The third-order valence-corrected chi connectivity index (χ3v) is 2.14. The molecule has 0 atom stereocenters. The zero-order chi connectivity index (χ0) is 7.14. The minimum absolute atomic E-state index is 0.0432. The van der Waals surface area contributed by atoms with Gasteiger partial charge in [-0.05, 0) is 0 Å². The summed E-state index contributed by atoms with van der Waals surface area (Å²) in [5.74, 6) is 0.0432. The maximum Gasteiger partial charge on any atom is 0.248 e. The van der Waals surface area contributed by atoms with Crippen LogP contribution >= 0.6 is 11.3 Å². The lowest BCUT2D eigenvalue weighted by Gasteiger charge is -1.76. The summed E-state index contributed by atoms with van der Waals surface area (Å²) in [5, 5.41) is 9.72. The van der Waals surface area contributed by atoms with Crippen molar-refractivity contribution in [3.8, 4) is 5.88 Å². The van der Waals surface area contributed by atoms with Gasteiger partial charge in [-0.15, -0.1) is 0 Å². The molecular formula is C5H5N3OS. The molecule has 0 fully saturated rings. The van der Waals surface area contributed by atoms with Gasteiger partial charge in [-0.1, -0.05) is 11.3 Å². The van der Waals surface area contributed by atoms with Crippen molar-refractivity contribution in [2.24, 2.45) is 0 Å². The number of nitrogens with zero attached hydrogens (tertiary/aromatic N) is 2. The minimum atomic E-state index is 0.0432. The molecular weight excluding hydrogens is 150 g/mol. The van der Waals surface area contributed by atoms with E-state index < -0.39 is 0 Å². The van der Waals surface area contributed by atoms with Crippen LogP contribution in [0.4, 0.5) is 5.00 Å². The van der Waals surface area contributed by atoms with Crippen molar-refractivity contribution >= 4 is 21.2 Å². The Labute approximate surface area is 60.5 Å². The van der Waals surface area contributed by atoms with Gasteiger partial charge in [-0.3, -0.25) is 4.40 Å². The molecule has 10 heavy (non-hydrogen) atoms. The van der Waals surface area contributed by atoms with E-state index in [1.807, 2.05) is 0 Å². The molecule has 2 heterocycles. The van der Waals surface area contributed by atoms with E-state index in [2.05, 4.69) is 4.98 Å². The van der Waals surface area contributed by atoms with Crippen molar-refractivity contribution in [2.45, 2.75) is 0 Å².